The molecule has 16 heavy (non-hydrogen) atoms. The van der Waals surface area contributed by atoms with Crippen LogP contribution in [0.2, 0.25) is 0 Å². The Morgan fingerprint density at radius 2 is 2.38 bits per heavy atom. The van der Waals surface area contributed by atoms with Gasteiger partial charge in [-0.3, -0.25) is 19.8 Å². The molecule has 0 aliphatic carbocycles. The third kappa shape index (κ3) is 1.42. The largest absolute Gasteiger partial charge is 0.444 e. The van der Waals surface area contributed by atoms with Crippen LogP contribution in [-0.2, 0) is 19.1 Å². The fourth-order valence-corrected chi connectivity index (χ4v) is 1.66. The van der Waals surface area contributed by atoms with Crippen molar-refractivity contribution in [3.05, 3.63) is 0 Å². The van der Waals surface area contributed by atoms with E-state index in [-0.39, 0.29) is 13.2 Å². The summed E-state index contributed by atoms with van der Waals surface area (Å²) in [5.41, 5.74) is 0. The molecule has 2 fully saturated rings. The van der Waals surface area contributed by atoms with Gasteiger partial charge < -0.3 is 9.47 Å². The van der Waals surface area contributed by atoms with Gasteiger partial charge >= 0.3 is 18.0 Å². The van der Waals surface area contributed by atoms with Gasteiger partial charge in [0, 0.05) is 6.92 Å². The van der Waals surface area contributed by atoms with Crippen molar-refractivity contribution in [1.29, 1.82) is 0 Å². The van der Waals surface area contributed by atoms with E-state index in [2.05, 4.69) is 4.74 Å². The average Bonchev–Trinajstić information content (AvgIpc) is 2.56. The first-order chi connectivity index (χ1) is 7.45. The molecule has 88 valence electrons. The normalized spacial score (nSPS) is 33.4. The minimum atomic E-state index is -2.69. The molecule has 7 nitrogen and oxygen atoms in total. The summed E-state index contributed by atoms with van der Waals surface area (Å²) >= 11 is 0. The van der Waals surface area contributed by atoms with Crippen LogP contribution in [0.25, 0.3) is 0 Å². The summed E-state index contributed by atoms with van der Waals surface area (Å²) in [7, 11) is 0. The zero-order valence-corrected chi connectivity index (χ0v) is 8.36. The van der Waals surface area contributed by atoms with Gasteiger partial charge in [0.05, 0.1) is 13.2 Å². The van der Waals surface area contributed by atoms with Crippen LogP contribution in [0.5, 0.6) is 0 Å². The molecule has 1 N–H and O–H groups in total. The van der Waals surface area contributed by atoms with Gasteiger partial charge in [-0.05, 0) is 0 Å². The van der Waals surface area contributed by atoms with E-state index in [1.165, 1.54) is 0 Å². The molecule has 8 heteroatoms. The van der Waals surface area contributed by atoms with Crippen LogP contribution in [0, 0.1) is 0 Å². The number of nitrogens with zero attached hydrogens (tertiary/aromatic N) is 1. The van der Waals surface area contributed by atoms with E-state index < -0.39 is 30.0 Å². The molecule has 0 bridgehead atoms. The lowest BCUT2D eigenvalue weighted by Crippen LogP contribution is -2.67. The van der Waals surface area contributed by atoms with Crippen LogP contribution in [0.15, 0.2) is 0 Å². The molecule has 0 aromatic carbocycles. The third-order valence-corrected chi connectivity index (χ3v) is 2.31. The molecule has 2 heterocycles. The molecule has 2 aliphatic heterocycles. The van der Waals surface area contributed by atoms with Crippen molar-refractivity contribution >= 4 is 17.9 Å². The molecule has 2 aliphatic rings. The van der Waals surface area contributed by atoms with Gasteiger partial charge in [-0.1, -0.05) is 0 Å². The van der Waals surface area contributed by atoms with Gasteiger partial charge in [0.15, 0.2) is 0 Å². The number of nitrogens with one attached hydrogen (secondary N) is 1. The monoisotopic (exact) mass is 232 g/mol. The van der Waals surface area contributed by atoms with E-state index in [9.17, 15) is 18.8 Å². The number of imide groups is 1. The summed E-state index contributed by atoms with van der Waals surface area (Å²) in [4.78, 5) is 34.0. The van der Waals surface area contributed by atoms with Crippen LogP contribution in [0.1, 0.15) is 6.92 Å². The first-order valence-corrected chi connectivity index (χ1v) is 4.57. The van der Waals surface area contributed by atoms with Crippen LogP contribution in [0.3, 0.4) is 0 Å². The summed E-state index contributed by atoms with van der Waals surface area (Å²) in [5.74, 6) is -4.55. The molecule has 2 atom stereocenters. The number of ether oxygens (including phenoxy) is 2. The lowest BCUT2D eigenvalue weighted by Gasteiger charge is -2.37. The Kier molecular flexibility index (Phi) is 2.30. The smallest absolute Gasteiger partial charge is 0.340 e. The van der Waals surface area contributed by atoms with Crippen molar-refractivity contribution in [2.24, 2.45) is 0 Å². The topological polar surface area (TPSA) is 84.9 Å². The van der Waals surface area contributed by atoms with Crippen molar-refractivity contribution < 1.29 is 28.2 Å². The van der Waals surface area contributed by atoms with Gasteiger partial charge in [-0.25, -0.2) is 4.79 Å². The summed E-state index contributed by atoms with van der Waals surface area (Å²) in [6.07, 6.45) is -1.79. The number of esters is 1. The Labute approximate surface area is 89.5 Å². The molecule has 0 spiro atoms. The molecular formula is C8H9FN2O5. The molecule has 2 rings (SSSR count). The number of hydrogen-bond donors (Lipinski definition) is 1. The van der Waals surface area contributed by atoms with Gasteiger partial charge in [0.1, 0.15) is 0 Å². The minimum Gasteiger partial charge on any atom is -0.444 e. The van der Waals surface area contributed by atoms with Gasteiger partial charge in [0.2, 0.25) is 0 Å². The second-order valence-electron chi connectivity index (χ2n) is 3.39. The predicted octanol–water partition coefficient (Wildman–Crippen LogP) is -0.877. The number of fused-ring (bicyclic) bond motifs is 1. The Morgan fingerprint density at radius 1 is 1.69 bits per heavy atom. The number of halogens is 1. The van der Waals surface area contributed by atoms with E-state index in [1.54, 1.807) is 0 Å². The Bertz CT molecular complexity index is 373. The lowest BCUT2D eigenvalue weighted by atomic mass is 10.2. The highest BCUT2D eigenvalue weighted by atomic mass is 19.2. The highest BCUT2D eigenvalue weighted by Crippen LogP contribution is 2.33. The maximum Gasteiger partial charge on any atom is 0.340 e. The summed E-state index contributed by atoms with van der Waals surface area (Å²) in [5, 5.41) is 1.88. The number of amides is 3. The summed E-state index contributed by atoms with van der Waals surface area (Å²) in [6, 6.07) is -0.895. The van der Waals surface area contributed by atoms with E-state index in [1.807, 2.05) is 5.32 Å². The second kappa shape index (κ2) is 3.41. The average molecular weight is 232 g/mol. The number of urea groups is 1. The van der Waals surface area contributed by atoms with Crippen LogP contribution in [-0.4, -0.2) is 48.0 Å². The maximum atomic E-state index is 14.2. The van der Waals surface area contributed by atoms with Crippen molar-refractivity contribution in [2.75, 3.05) is 13.2 Å². The standard InChI is InChI=1S/C8H9FN2O5/c1-4(12)16-5-6(13)10-7(14)11-2-3-15-8(5,11)9/h5H,2-3H2,1H3,(H,10,13,14)/t5-,8?/m1/s1. The second-order valence-corrected chi connectivity index (χ2v) is 3.39. The predicted molar refractivity (Wildman–Crippen MR) is 45.6 cm³/mol. The Morgan fingerprint density at radius 3 is 3.00 bits per heavy atom. The van der Waals surface area contributed by atoms with Crippen LogP contribution in [0.4, 0.5) is 9.18 Å². The van der Waals surface area contributed by atoms with Crippen molar-refractivity contribution in [3.8, 4) is 0 Å². The molecule has 0 saturated carbocycles. The molecular weight excluding hydrogens is 223 g/mol. The van der Waals surface area contributed by atoms with E-state index in [4.69, 9.17) is 4.74 Å². The highest BCUT2D eigenvalue weighted by Gasteiger charge is 2.61. The van der Waals surface area contributed by atoms with Crippen molar-refractivity contribution in [1.82, 2.24) is 10.2 Å². The molecule has 0 aromatic heterocycles. The maximum absolute atomic E-state index is 14.2. The fraction of sp³-hybridized carbons (Fsp3) is 0.625. The Hall–Kier alpha value is -1.70. The summed E-state index contributed by atoms with van der Waals surface area (Å²) < 4.78 is 23.5. The van der Waals surface area contributed by atoms with E-state index >= 15 is 0 Å². The molecule has 3 amide bonds. The van der Waals surface area contributed by atoms with Crippen LogP contribution >= 0.6 is 0 Å². The highest BCUT2D eigenvalue weighted by molar-refractivity contribution is 6.00. The number of carbonyl (C=O) groups excluding carboxylic acids is 3. The zero-order valence-electron chi connectivity index (χ0n) is 8.36. The van der Waals surface area contributed by atoms with E-state index in [0.29, 0.717) is 4.90 Å². The number of alkyl halides is 1. The molecule has 0 radical (unpaired) electrons. The zero-order chi connectivity index (χ0) is 11.9. The minimum absolute atomic E-state index is 0.00657. The fourth-order valence-electron chi connectivity index (χ4n) is 1.66. The number of hydrogen-bond acceptors (Lipinski definition) is 5. The quantitative estimate of drug-likeness (QED) is 0.469. The van der Waals surface area contributed by atoms with E-state index in [0.717, 1.165) is 6.92 Å². The van der Waals surface area contributed by atoms with Crippen LogP contribution < -0.4 is 5.32 Å². The van der Waals surface area contributed by atoms with Crippen molar-refractivity contribution in [3.63, 3.8) is 0 Å². The number of carbonyl (C=O) groups is 3. The summed E-state index contributed by atoms with van der Waals surface area (Å²) in [6.45, 7) is 0.967. The molecule has 2 saturated heterocycles. The molecule has 0 aromatic rings. The lowest BCUT2D eigenvalue weighted by molar-refractivity contribution is -0.242. The molecule has 1 unspecified atom stereocenters. The Balaban J connectivity index is 2.31. The first kappa shape index (κ1) is 10.8. The SMILES string of the molecule is CC(=O)O[C@@H]1C(=O)NC(=O)N2CCOC12F. The first-order valence-electron chi connectivity index (χ1n) is 4.57. The number of rotatable bonds is 1. The van der Waals surface area contributed by atoms with Crippen molar-refractivity contribution in [2.45, 2.75) is 19.0 Å². The van der Waals surface area contributed by atoms with Gasteiger partial charge in [-0.15, -0.1) is 0 Å². The van der Waals surface area contributed by atoms with Gasteiger partial charge in [-0.2, -0.15) is 4.39 Å². The third-order valence-electron chi connectivity index (χ3n) is 2.31. The van der Waals surface area contributed by atoms with Gasteiger partial charge in [0.25, 0.3) is 12.0 Å².